The van der Waals surface area contributed by atoms with Crippen molar-refractivity contribution < 1.29 is 68.2 Å². The van der Waals surface area contributed by atoms with E-state index in [4.69, 9.17) is 0 Å². The van der Waals surface area contributed by atoms with E-state index in [9.17, 15) is 0 Å². The van der Waals surface area contributed by atoms with Gasteiger partial charge in [0.15, 0.2) is 0 Å². The first-order valence-corrected chi connectivity index (χ1v) is 35.2. The monoisotopic (exact) mass is 1200 g/mol. The minimum atomic E-state index is 0. The number of benzene rings is 4. The molecule has 0 aliphatic carbocycles. The second kappa shape index (κ2) is 37.2. The molecular weight excluding hydrogens is 1110 g/mol. The van der Waals surface area contributed by atoms with Crippen LogP contribution >= 0.6 is 31.7 Å². The zero-order valence-electron chi connectivity index (χ0n) is 50.1. The third-order valence-electron chi connectivity index (χ3n) is 14.6. The molecule has 0 fully saturated rings. The summed E-state index contributed by atoms with van der Waals surface area (Å²) in [5, 5.41) is 18.3. The van der Waals surface area contributed by atoms with Crippen LogP contribution in [0.5, 0.6) is 0 Å². The molecule has 0 N–H and O–H groups in total. The number of rotatable bonds is 20. The summed E-state index contributed by atoms with van der Waals surface area (Å²) in [5.74, 6) is 0. The Kier molecular flexibility index (Phi) is 35.8. The summed E-state index contributed by atoms with van der Waals surface area (Å²) in [6.45, 7) is 36.3. The summed E-state index contributed by atoms with van der Waals surface area (Å²) in [7, 11) is 0.290. The first-order valence-electron chi connectivity index (χ1n) is 28.3. The summed E-state index contributed by atoms with van der Waals surface area (Å²) < 4.78 is 0. The van der Waals surface area contributed by atoms with Crippen molar-refractivity contribution in [1.82, 2.24) is 0 Å². The second-order valence-electron chi connectivity index (χ2n) is 20.9. The summed E-state index contributed by atoms with van der Waals surface area (Å²) in [6.07, 6.45) is 21.6. The maximum absolute atomic E-state index is 2.47. The number of hydrogen-bond acceptors (Lipinski definition) is 0. The number of aryl methyl sites for hydroxylation is 8. The van der Waals surface area contributed by atoms with Crippen LogP contribution in [-0.4, -0.2) is 49.3 Å². The van der Waals surface area contributed by atoms with Gasteiger partial charge in [-0.1, -0.05) is 213 Å². The molecule has 0 unspecified atom stereocenters. The Hall–Kier alpha value is -0.951. The first-order chi connectivity index (χ1) is 34.7. The largest absolute Gasteiger partial charge is 2.00 e. The van der Waals surface area contributed by atoms with Crippen LogP contribution in [0.1, 0.15) is 151 Å². The maximum Gasteiger partial charge on any atom is 2.00 e. The zero-order chi connectivity index (χ0) is 52.5. The quantitative estimate of drug-likeness (QED) is 0.0405. The smallest absolute Gasteiger partial charge is 1.00 e. The molecule has 0 amide bonds. The van der Waals surface area contributed by atoms with Crippen molar-refractivity contribution in [3.8, 4) is 0 Å². The van der Waals surface area contributed by atoms with Gasteiger partial charge in [-0.05, 0) is 77.0 Å². The van der Waals surface area contributed by atoms with E-state index in [1.54, 1.807) is 21.2 Å². The van der Waals surface area contributed by atoms with Gasteiger partial charge in [-0.3, -0.25) is 0 Å². The van der Waals surface area contributed by atoms with E-state index in [2.05, 4.69) is 208 Å². The molecule has 0 heterocycles. The molecule has 8 heteroatoms. The molecule has 8 aromatic carbocycles. The van der Waals surface area contributed by atoms with Gasteiger partial charge in [0.2, 0.25) is 0 Å². The second-order valence-corrected chi connectivity index (χ2v) is 30.9. The van der Waals surface area contributed by atoms with Gasteiger partial charge in [0.25, 0.3) is 0 Å². The number of fused-ring (bicyclic) bond motifs is 4. The van der Waals surface area contributed by atoms with Crippen molar-refractivity contribution in [2.45, 2.75) is 162 Å². The molecule has 0 spiro atoms. The van der Waals surface area contributed by atoms with E-state index < -0.39 is 0 Å². The molecule has 0 nitrogen and oxygen atoms in total. The number of halogens is 2. The Morgan fingerprint density at radius 3 is 0.539 bits per heavy atom. The predicted octanol–water partition coefficient (Wildman–Crippen LogP) is 14.4. The van der Waals surface area contributed by atoms with Crippen LogP contribution in [0.3, 0.4) is 0 Å². The van der Waals surface area contributed by atoms with Crippen molar-refractivity contribution in [1.29, 1.82) is 0 Å². The van der Waals surface area contributed by atoms with E-state index in [0.29, 0.717) is 0 Å². The molecule has 8 rings (SSSR count). The van der Waals surface area contributed by atoms with Crippen LogP contribution in [0, 0.1) is 55.4 Å². The molecule has 0 radical (unpaired) electrons. The molecule has 0 atom stereocenters. The van der Waals surface area contributed by atoms with Crippen LogP contribution in [0.15, 0.2) is 97.1 Å². The zero-order valence-corrected chi connectivity index (χ0v) is 58.3. The van der Waals surface area contributed by atoms with Gasteiger partial charge in [0.1, 0.15) is 0 Å². The molecule has 0 aromatic heterocycles. The third kappa shape index (κ3) is 19.6. The van der Waals surface area contributed by atoms with Gasteiger partial charge in [-0.15, -0.1) is 135 Å². The van der Waals surface area contributed by atoms with Crippen molar-refractivity contribution >= 4 is 96.0 Å². The minimum absolute atomic E-state index is 0. The SMILES string of the molecule is CCCP(CCC)c1cc2c(C)ccc(C)c2[cH-]1.CCCP(CCC)c1cc2c(C)ccc(C)c2[cH-]1.CCCP(CCC)c1cc2c(C)ccc(C)c2[cH-]1.CCCP(CCC)c1cc2c(C)ccc(C)c2[cH-]1.[Cl-].[Cl-].[Ti+2].[Ti+2]. The average Bonchev–Trinajstić information content (AvgIpc) is 4.21. The molecule has 0 aliphatic heterocycles. The van der Waals surface area contributed by atoms with Gasteiger partial charge in [-0.2, -0.15) is 24.3 Å². The molecule has 0 bridgehead atoms. The van der Waals surface area contributed by atoms with Gasteiger partial charge in [-0.25, -0.2) is 0 Å². The Morgan fingerprint density at radius 2 is 0.408 bits per heavy atom. The van der Waals surface area contributed by atoms with Crippen LogP contribution in [0.25, 0.3) is 43.1 Å². The Labute approximate surface area is 512 Å². The fourth-order valence-electron chi connectivity index (χ4n) is 10.7. The van der Waals surface area contributed by atoms with Crippen molar-refractivity contribution in [3.63, 3.8) is 0 Å². The van der Waals surface area contributed by atoms with E-state index >= 15 is 0 Å². The molecule has 8 aromatic rings. The normalized spacial score (nSPS) is 11.0. The van der Waals surface area contributed by atoms with Crippen LogP contribution in [0.2, 0.25) is 0 Å². The van der Waals surface area contributed by atoms with Crippen LogP contribution < -0.4 is 46.0 Å². The predicted molar refractivity (Wildman–Crippen MR) is 344 cm³/mol. The summed E-state index contributed by atoms with van der Waals surface area (Å²) in [4.78, 5) is 0. The molecule has 76 heavy (non-hydrogen) atoms. The van der Waals surface area contributed by atoms with Gasteiger partial charge < -0.3 is 24.8 Å². The van der Waals surface area contributed by atoms with E-state index in [0.717, 1.165) is 0 Å². The fraction of sp³-hybridized carbons (Fsp3) is 0.471. The van der Waals surface area contributed by atoms with Crippen LogP contribution in [-0.2, 0) is 43.4 Å². The number of hydrogen-bond donors (Lipinski definition) is 0. The summed E-state index contributed by atoms with van der Waals surface area (Å²) in [5.41, 5.74) is 11.4. The molecular formula is C68H96Cl2P4Ti2-2. The minimum Gasteiger partial charge on any atom is -1.00 e. The van der Waals surface area contributed by atoms with Crippen molar-refractivity contribution in [2.24, 2.45) is 0 Å². The van der Waals surface area contributed by atoms with E-state index in [-0.39, 0.29) is 99.9 Å². The van der Waals surface area contributed by atoms with Gasteiger partial charge in [0, 0.05) is 0 Å². The molecule has 412 valence electrons. The van der Waals surface area contributed by atoms with Crippen molar-refractivity contribution in [3.05, 3.63) is 142 Å². The summed E-state index contributed by atoms with van der Waals surface area (Å²) >= 11 is 0. The molecule has 0 saturated heterocycles. The van der Waals surface area contributed by atoms with Crippen LogP contribution in [0.4, 0.5) is 0 Å². The Bertz CT molecular complexity index is 2330. The summed E-state index contributed by atoms with van der Waals surface area (Å²) in [6, 6.07) is 37.8. The van der Waals surface area contributed by atoms with E-state index in [1.807, 2.05) is 0 Å². The average molecular weight is 1200 g/mol. The maximum atomic E-state index is 2.47. The van der Waals surface area contributed by atoms with Crippen molar-refractivity contribution in [2.75, 3.05) is 49.3 Å². The molecule has 0 aliphatic rings. The Balaban J connectivity index is 0.000000498. The van der Waals surface area contributed by atoms with E-state index in [1.165, 1.54) is 188 Å². The Morgan fingerprint density at radius 1 is 0.263 bits per heavy atom. The van der Waals surface area contributed by atoms with Gasteiger partial charge >= 0.3 is 43.4 Å². The first kappa shape index (κ1) is 73.1. The molecule has 0 saturated carbocycles. The standard InChI is InChI=1S/4C17H24P.2ClH.2Ti/c4*1-5-9-18(10-6-2)15-11-16-13(3)7-8-14(4)17(16)12-15;;;;/h4*7-8,11-12H,5-6,9-10H2,1-4H3;2*1H;;/q4*-1;;;2*+2/p-2. The topological polar surface area (TPSA) is 0 Å². The third-order valence-corrected chi connectivity index (χ3v) is 26.5. The van der Waals surface area contributed by atoms with Gasteiger partial charge in [0.05, 0.1) is 0 Å². The fourth-order valence-corrected chi connectivity index (χ4v) is 20.4.